The summed E-state index contributed by atoms with van der Waals surface area (Å²) >= 11 is 0.863. The van der Waals surface area contributed by atoms with Crippen molar-refractivity contribution in [2.75, 3.05) is 26.4 Å². The van der Waals surface area contributed by atoms with Gasteiger partial charge >= 0.3 is 0 Å². The first kappa shape index (κ1) is 14.1. The summed E-state index contributed by atoms with van der Waals surface area (Å²) in [4.78, 5) is 15.1. The first-order valence-corrected chi connectivity index (χ1v) is 5.75. The Kier molecular flexibility index (Phi) is 7.94. The zero-order valence-corrected chi connectivity index (χ0v) is 9.95. The quantitative estimate of drug-likeness (QED) is 0.407. The predicted octanol–water partition coefficient (Wildman–Crippen LogP) is 0.914. The Bertz CT molecular complexity index is 266. The number of nitrogens with one attached hydrogen (secondary N) is 2. The fourth-order valence-corrected chi connectivity index (χ4v) is 1.15. The van der Waals surface area contributed by atoms with Gasteiger partial charge in [0.2, 0.25) is 0 Å². The number of amides is 1. The average molecular weight is 233 g/mol. The van der Waals surface area contributed by atoms with E-state index >= 15 is 0 Å². The first-order chi connectivity index (χ1) is 7.17. The summed E-state index contributed by atoms with van der Waals surface area (Å²) in [5, 5.41) is 4.85. The molecular formula is C9H16FN3OS. The van der Waals surface area contributed by atoms with Crippen LogP contribution in [0.3, 0.4) is 0 Å². The van der Waals surface area contributed by atoms with Crippen molar-refractivity contribution in [2.24, 2.45) is 4.99 Å². The van der Waals surface area contributed by atoms with Crippen LogP contribution in [0.2, 0.25) is 0 Å². The van der Waals surface area contributed by atoms with Crippen LogP contribution in [-0.4, -0.2) is 38.5 Å². The summed E-state index contributed by atoms with van der Waals surface area (Å²) in [6, 6.07) is 0. The summed E-state index contributed by atoms with van der Waals surface area (Å²) in [6.07, 6.45) is 2.95. The number of thioether (sulfide) groups is 1. The van der Waals surface area contributed by atoms with E-state index in [0.29, 0.717) is 13.1 Å². The Hall–Kier alpha value is -0.880. The smallest absolute Gasteiger partial charge is 0.273 e. The second-order valence-electron chi connectivity index (χ2n) is 2.57. The van der Waals surface area contributed by atoms with Crippen LogP contribution in [0.1, 0.15) is 6.92 Å². The first-order valence-electron chi connectivity index (χ1n) is 4.52. The van der Waals surface area contributed by atoms with Crippen LogP contribution in [0, 0.1) is 0 Å². The van der Waals surface area contributed by atoms with Crippen LogP contribution >= 0.6 is 11.8 Å². The van der Waals surface area contributed by atoms with E-state index in [0.717, 1.165) is 11.8 Å². The molecule has 0 aliphatic rings. The second-order valence-corrected chi connectivity index (χ2v) is 3.34. The number of aliphatic imine (C=N–C) groups is 1. The Morgan fingerprint density at radius 2 is 2.20 bits per heavy atom. The van der Waals surface area contributed by atoms with Crippen molar-refractivity contribution >= 4 is 23.9 Å². The van der Waals surface area contributed by atoms with Gasteiger partial charge in [-0.1, -0.05) is 11.8 Å². The molecule has 0 fully saturated rings. The maximum Gasteiger partial charge on any atom is 0.273 e. The zero-order chi connectivity index (χ0) is 11.7. The number of hydrogen-bond acceptors (Lipinski definition) is 4. The topological polar surface area (TPSA) is 53.5 Å². The maximum atomic E-state index is 13.2. The van der Waals surface area contributed by atoms with Gasteiger partial charge in [0.15, 0.2) is 10.9 Å². The highest BCUT2D eigenvalue weighted by atomic mass is 32.2. The fraction of sp³-hybridized carbons (Fsp3) is 0.556. The van der Waals surface area contributed by atoms with Gasteiger partial charge in [0.05, 0.1) is 0 Å². The largest absolute Gasteiger partial charge is 0.349 e. The molecule has 0 rings (SSSR count). The molecule has 0 aromatic carbocycles. The maximum absolute atomic E-state index is 13.2. The van der Waals surface area contributed by atoms with Gasteiger partial charge in [-0.25, -0.2) is 0 Å². The van der Waals surface area contributed by atoms with E-state index in [1.165, 1.54) is 6.21 Å². The molecule has 0 aromatic heterocycles. The lowest BCUT2D eigenvalue weighted by atomic mass is 10.4. The fourth-order valence-electron chi connectivity index (χ4n) is 0.809. The van der Waals surface area contributed by atoms with E-state index in [1.54, 1.807) is 20.2 Å². The normalized spacial score (nSPS) is 12.8. The number of hydrogen-bond donors (Lipinski definition) is 2. The van der Waals surface area contributed by atoms with Crippen LogP contribution in [0.4, 0.5) is 4.39 Å². The molecule has 0 aliphatic carbocycles. The molecule has 2 N–H and O–H groups in total. The summed E-state index contributed by atoms with van der Waals surface area (Å²) in [7, 11) is 1.77. The molecule has 0 saturated carbocycles. The molecule has 0 aliphatic heterocycles. The highest BCUT2D eigenvalue weighted by molar-refractivity contribution is 8.02. The SMILES string of the molecule is C/C=N/C(C(=O)NCCNC)=C(/F)SC. The molecular weight excluding hydrogens is 217 g/mol. The number of rotatable bonds is 6. The molecule has 0 saturated heterocycles. The van der Waals surface area contributed by atoms with Crippen molar-refractivity contribution in [3.8, 4) is 0 Å². The highest BCUT2D eigenvalue weighted by Crippen LogP contribution is 2.18. The third-order valence-electron chi connectivity index (χ3n) is 1.50. The average Bonchev–Trinajstić information content (AvgIpc) is 2.25. The number of halogens is 1. The van der Waals surface area contributed by atoms with Crippen molar-refractivity contribution < 1.29 is 9.18 Å². The van der Waals surface area contributed by atoms with Crippen molar-refractivity contribution in [1.29, 1.82) is 0 Å². The monoisotopic (exact) mass is 233 g/mol. The van der Waals surface area contributed by atoms with Gasteiger partial charge in [-0.3, -0.25) is 9.79 Å². The lowest BCUT2D eigenvalue weighted by molar-refractivity contribution is -0.117. The van der Waals surface area contributed by atoms with E-state index in [1.807, 2.05) is 0 Å². The van der Waals surface area contributed by atoms with Crippen LogP contribution in [0.5, 0.6) is 0 Å². The van der Waals surface area contributed by atoms with Crippen molar-refractivity contribution in [2.45, 2.75) is 6.92 Å². The summed E-state index contributed by atoms with van der Waals surface area (Å²) in [5.41, 5.74) is -0.166. The lowest BCUT2D eigenvalue weighted by Crippen LogP contribution is -2.31. The third-order valence-corrected chi connectivity index (χ3v) is 2.05. The molecule has 86 valence electrons. The summed E-state index contributed by atoms with van der Waals surface area (Å²) < 4.78 is 13.2. The predicted molar refractivity (Wildman–Crippen MR) is 62.8 cm³/mol. The second kappa shape index (κ2) is 8.43. The standard InChI is InChI=1S/C9H16FN3OS/c1-4-12-7(8(10)15-3)9(14)13-6-5-11-2/h4,11H,5-6H2,1-3H3,(H,13,14)/b8-7-,12-4+. The number of carbonyl (C=O) groups excluding carboxylic acids is 1. The van der Waals surface area contributed by atoms with Gasteiger partial charge in [-0.05, 0) is 20.2 Å². The molecule has 0 aromatic rings. The Balaban J connectivity index is 4.44. The molecule has 15 heavy (non-hydrogen) atoms. The van der Waals surface area contributed by atoms with Gasteiger partial charge in [-0.15, -0.1) is 0 Å². The van der Waals surface area contributed by atoms with Gasteiger partial charge < -0.3 is 10.6 Å². The van der Waals surface area contributed by atoms with Crippen LogP contribution in [0.25, 0.3) is 0 Å². The minimum atomic E-state index is -0.574. The lowest BCUT2D eigenvalue weighted by Gasteiger charge is -2.05. The van der Waals surface area contributed by atoms with Crippen LogP contribution in [0.15, 0.2) is 15.8 Å². The van der Waals surface area contributed by atoms with E-state index < -0.39 is 11.1 Å². The molecule has 0 radical (unpaired) electrons. The van der Waals surface area contributed by atoms with E-state index in [9.17, 15) is 9.18 Å². The number of likely N-dealkylation sites (N-methyl/N-ethyl adjacent to an activating group) is 1. The molecule has 1 amide bonds. The van der Waals surface area contributed by atoms with Crippen LogP contribution in [-0.2, 0) is 4.79 Å². The van der Waals surface area contributed by atoms with Crippen LogP contribution < -0.4 is 10.6 Å². The Morgan fingerprint density at radius 1 is 1.53 bits per heavy atom. The molecule has 0 unspecified atom stereocenters. The minimum Gasteiger partial charge on any atom is -0.349 e. The van der Waals surface area contributed by atoms with E-state index in [-0.39, 0.29) is 5.70 Å². The zero-order valence-electron chi connectivity index (χ0n) is 9.13. The van der Waals surface area contributed by atoms with Gasteiger partial charge in [0, 0.05) is 19.3 Å². The summed E-state index contributed by atoms with van der Waals surface area (Å²) in [6.45, 7) is 2.71. The molecule has 6 heteroatoms. The molecule has 0 heterocycles. The third kappa shape index (κ3) is 5.54. The molecule has 0 bridgehead atoms. The number of carbonyl (C=O) groups is 1. The van der Waals surface area contributed by atoms with Gasteiger partial charge in [0.1, 0.15) is 0 Å². The summed E-state index contributed by atoms with van der Waals surface area (Å²) in [5.74, 6) is -0.491. The molecule has 0 spiro atoms. The minimum absolute atomic E-state index is 0.166. The van der Waals surface area contributed by atoms with E-state index in [2.05, 4.69) is 15.6 Å². The molecule has 4 nitrogen and oxygen atoms in total. The van der Waals surface area contributed by atoms with Crippen molar-refractivity contribution in [3.63, 3.8) is 0 Å². The Labute approximate surface area is 93.4 Å². The van der Waals surface area contributed by atoms with Crippen molar-refractivity contribution in [1.82, 2.24) is 10.6 Å². The molecule has 0 atom stereocenters. The highest BCUT2D eigenvalue weighted by Gasteiger charge is 2.13. The van der Waals surface area contributed by atoms with E-state index in [4.69, 9.17) is 0 Å². The Morgan fingerprint density at radius 3 is 2.67 bits per heavy atom. The van der Waals surface area contributed by atoms with Crippen molar-refractivity contribution in [3.05, 3.63) is 10.9 Å². The van der Waals surface area contributed by atoms with Gasteiger partial charge in [-0.2, -0.15) is 4.39 Å². The number of nitrogens with zero attached hydrogens (tertiary/aromatic N) is 1. The van der Waals surface area contributed by atoms with Gasteiger partial charge in [0.25, 0.3) is 5.91 Å².